The third-order valence-electron chi connectivity index (χ3n) is 3.35. The first-order chi connectivity index (χ1) is 9.68. The van der Waals surface area contributed by atoms with Crippen LogP contribution in [0.4, 0.5) is 5.95 Å². The van der Waals surface area contributed by atoms with Crippen LogP contribution in [0.1, 0.15) is 10.4 Å². The van der Waals surface area contributed by atoms with Crippen molar-refractivity contribution in [3.05, 3.63) is 60.2 Å². The number of Topliss-reactive ketones (excluding diaryl/α,β-unsaturated/α-hetero) is 1. The van der Waals surface area contributed by atoms with Crippen LogP contribution in [-0.4, -0.2) is 10.5 Å². The van der Waals surface area contributed by atoms with E-state index in [1.807, 2.05) is 42.5 Å². The molecule has 0 bridgehead atoms. The minimum Gasteiger partial charge on any atom is -0.291 e. The Morgan fingerprint density at radius 3 is 2.45 bits per heavy atom. The van der Waals surface area contributed by atoms with Gasteiger partial charge < -0.3 is 0 Å². The molecule has 0 fully saturated rings. The van der Waals surface area contributed by atoms with E-state index in [1.54, 1.807) is 16.7 Å². The Bertz CT molecular complexity index is 777. The Labute approximate surface area is 116 Å². The summed E-state index contributed by atoms with van der Waals surface area (Å²) in [6.07, 6.45) is 0. The largest absolute Gasteiger partial charge is 0.378 e. The number of ketones is 1. The third kappa shape index (κ3) is 1.89. The van der Waals surface area contributed by atoms with Crippen molar-refractivity contribution in [1.82, 2.24) is 4.68 Å². The fourth-order valence-electron chi connectivity index (χ4n) is 2.30. The molecule has 2 aromatic carbocycles. The fourth-order valence-corrected chi connectivity index (χ4v) is 2.30. The Morgan fingerprint density at radius 2 is 1.70 bits per heavy atom. The summed E-state index contributed by atoms with van der Waals surface area (Å²) >= 11 is 0. The van der Waals surface area contributed by atoms with Gasteiger partial charge in [-0.15, -0.1) is 4.68 Å². The van der Waals surface area contributed by atoms with Gasteiger partial charge in [-0.3, -0.25) is 16.4 Å². The molecule has 5 heteroatoms. The molecule has 1 heterocycles. The summed E-state index contributed by atoms with van der Waals surface area (Å²) in [6.45, 7) is 0.167. The standard InChI is InChI=1S/C15H14N4O/c16-15-18(10-14(20)11-6-2-1-3-7-11)12-8-4-5-9-13(12)19(15)17/h1-9,16H,10,17H2/p+1. The van der Waals surface area contributed by atoms with Gasteiger partial charge in [0.1, 0.15) is 12.1 Å². The molecule has 0 aliphatic heterocycles. The number of imidazole rings is 1. The summed E-state index contributed by atoms with van der Waals surface area (Å²) < 4.78 is 3.12. The van der Waals surface area contributed by atoms with E-state index in [9.17, 15) is 4.79 Å². The predicted octanol–water partition coefficient (Wildman–Crippen LogP) is 1.11. The number of hydrogen-bond donors (Lipinski definition) is 2. The number of hydrogen-bond acceptors (Lipinski definition) is 3. The highest BCUT2D eigenvalue weighted by molar-refractivity contribution is 5.95. The topological polar surface area (TPSA) is 77.9 Å². The van der Waals surface area contributed by atoms with E-state index in [2.05, 4.69) is 0 Å². The van der Waals surface area contributed by atoms with Crippen LogP contribution in [0.15, 0.2) is 54.6 Å². The lowest BCUT2D eigenvalue weighted by molar-refractivity contribution is -0.642. The molecular weight excluding hydrogens is 252 g/mol. The average molecular weight is 267 g/mol. The second-order valence-corrected chi connectivity index (χ2v) is 4.59. The van der Waals surface area contributed by atoms with Gasteiger partial charge in [-0.2, -0.15) is 0 Å². The minimum absolute atomic E-state index is 0.00125. The molecule has 1 aromatic heterocycles. The first-order valence-electron chi connectivity index (χ1n) is 6.30. The Balaban J connectivity index is 2.04. The van der Waals surface area contributed by atoms with Crippen molar-refractivity contribution >= 4 is 22.8 Å². The van der Waals surface area contributed by atoms with E-state index in [0.29, 0.717) is 11.5 Å². The molecule has 5 nitrogen and oxygen atoms in total. The van der Waals surface area contributed by atoms with Gasteiger partial charge in [0.15, 0.2) is 11.3 Å². The van der Waals surface area contributed by atoms with Crippen LogP contribution in [0.2, 0.25) is 0 Å². The number of fused-ring (bicyclic) bond motifs is 1. The number of anilines is 1. The summed E-state index contributed by atoms with van der Waals surface area (Å²) in [5.74, 6) is 6.27. The summed E-state index contributed by atoms with van der Waals surface area (Å²) in [6, 6.07) is 16.7. The number of carbonyl (C=O) groups is 1. The van der Waals surface area contributed by atoms with Crippen molar-refractivity contribution in [1.29, 1.82) is 0 Å². The molecule has 3 rings (SSSR count). The van der Waals surface area contributed by atoms with E-state index in [-0.39, 0.29) is 12.3 Å². The quantitative estimate of drug-likeness (QED) is 0.424. The second-order valence-electron chi connectivity index (χ2n) is 4.59. The molecule has 0 unspecified atom stereocenters. The summed E-state index contributed by atoms with van der Waals surface area (Å²) in [5.41, 5.74) is 8.29. The Hall–Kier alpha value is -2.82. The molecule has 0 saturated carbocycles. The van der Waals surface area contributed by atoms with Gasteiger partial charge >= 0.3 is 5.95 Å². The van der Waals surface area contributed by atoms with Gasteiger partial charge in [0.2, 0.25) is 0 Å². The number of nitrogen functional groups attached to an aromatic ring is 2. The number of nitrogens with two attached hydrogens (primary N) is 2. The lowest BCUT2D eigenvalue weighted by atomic mass is 10.1. The van der Waals surface area contributed by atoms with Gasteiger partial charge in [-0.25, -0.2) is 4.57 Å². The Kier molecular flexibility index (Phi) is 2.87. The molecular formula is C15H15N4O+. The zero-order valence-corrected chi connectivity index (χ0v) is 10.9. The van der Waals surface area contributed by atoms with Crippen molar-refractivity contribution in [3.8, 4) is 0 Å². The molecule has 3 aromatic rings. The van der Waals surface area contributed by atoms with Crippen LogP contribution >= 0.6 is 0 Å². The maximum Gasteiger partial charge on any atom is 0.378 e. The summed E-state index contributed by atoms with van der Waals surface area (Å²) in [5, 5.41) is 0. The van der Waals surface area contributed by atoms with Gasteiger partial charge in [-0.05, 0) is 12.1 Å². The van der Waals surface area contributed by atoms with Crippen LogP contribution in [0.3, 0.4) is 0 Å². The number of nitrogens with zero attached hydrogens (tertiary/aromatic N) is 2. The van der Waals surface area contributed by atoms with Crippen molar-refractivity contribution in [2.45, 2.75) is 6.54 Å². The number of rotatable bonds is 3. The van der Waals surface area contributed by atoms with Gasteiger partial charge in [-0.1, -0.05) is 42.5 Å². The molecule has 20 heavy (non-hydrogen) atoms. The zero-order valence-electron chi connectivity index (χ0n) is 10.9. The maximum absolute atomic E-state index is 12.3. The third-order valence-corrected chi connectivity index (χ3v) is 3.35. The highest BCUT2D eigenvalue weighted by Crippen LogP contribution is 2.13. The van der Waals surface area contributed by atoms with Gasteiger partial charge in [0.25, 0.3) is 0 Å². The van der Waals surface area contributed by atoms with Gasteiger partial charge in [0.05, 0.1) is 0 Å². The number of benzene rings is 2. The second kappa shape index (κ2) is 4.70. The zero-order chi connectivity index (χ0) is 14.1. The maximum atomic E-state index is 12.3. The van der Waals surface area contributed by atoms with Crippen molar-refractivity contribution < 1.29 is 9.36 Å². The molecule has 0 aliphatic carbocycles. The fraction of sp³-hybridized carbons (Fsp3) is 0.0667. The van der Waals surface area contributed by atoms with Crippen LogP contribution in [-0.2, 0) is 6.54 Å². The predicted molar refractivity (Wildman–Crippen MR) is 77.5 cm³/mol. The van der Waals surface area contributed by atoms with Gasteiger partial charge in [0, 0.05) is 5.56 Å². The Morgan fingerprint density at radius 1 is 1.05 bits per heavy atom. The van der Waals surface area contributed by atoms with Crippen LogP contribution in [0.5, 0.6) is 0 Å². The van der Waals surface area contributed by atoms with E-state index < -0.39 is 0 Å². The number of carbonyl (C=O) groups excluding carboxylic acids is 1. The monoisotopic (exact) mass is 267 g/mol. The minimum atomic E-state index is -0.00125. The van der Waals surface area contributed by atoms with E-state index in [0.717, 1.165) is 11.0 Å². The van der Waals surface area contributed by atoms with E-state index in [4.69, 9.17) is 11.6 Å². The number of para-hydroxylation sites is 2. The molecule has 0 radical (unpaired) electrons. The molecule has 0 aliphatic rings. The highest BCUT2D eigenvalue weighted by Gasteiger charge is 2.21. The van der Waals surface area contributed by atoms with E-state index in [1.165, 1.54) is 4.68 Å². The molecule has 0 saturated heterocycles. The number of aromatic nitrogens is 2. The average Bonchev–Trinajstić information content (AvgIpc) is 2.74. The first-order valence-corrected chi connectivity index (χ1v) is 6.30. The summed E-state index contributed by atoms with van der Waals surface area (Å²) in [7, 11) is 0. The molecule has 4 N–H and O–H groups in total. The molecule has 100 valence electrons. The lowest BCUT2D eigenvalue weighted by Gasteiger charge is -2.01. The van der Waals surface area contributed by atoms with Crippen molar-refractivity contribution in [2.75, 3.05) is 11.6 Å². The molecule has 0 atom stereocenters. The highest BCUT2D eigenvalue weighted by atomic mass is 16.1. The van der Waals surface area contributed by atoms with Crippen LogP contribution < -0.4 is 16.1 Å². The normalized spacial score (nSPS) is 10.8. The molecule has 0 amide bonds. The van der Waals surface area contributed by atoms with Crippen LogP contribution in [0, 0.1) is 0 Å². The van der Waals surface area contributed by atoms with Crippen LogP contribution in [0.25, 0.3) is 11.0 Å². The van der Waals surface area contributed by atoms with Crippen molar-refractivity contribution in [3.63, 3.8) is 0 Å². The first kappa shape index (κ1) is 12.2. The molecule has 0 spiro atoms. The SMILES string of the molecule is Nc1n(N)c2ccccc2[n+]1CC(=O)c1ccccc1. The lowest BCUT2D eigenvalue weighted by Crippen LogP contribution is -2.41. The van der Waals surface area contributed by atoms with E-state index >= 15 is 0 Å². The smallest absolute Gasteiger partial charge is 0.291 e. The summed E-state index contributed by atoms with van der Waals surface area (Å²) in [4.78, 5) is 12.3. The van der Waals surface area contributed by atoms with Crippen molar-refractivity contribution in [2.24, 2.45) is 0 Å².